The topological polar surface area (TPSA) is 84.3 Å². The van der Waals surface area contributed by atoms with Crippen molar-refractivity contribution < 1.29 is 14.3 Å². The Hall–Kier alpha value is -4.13. The molecule has 3 rings (SSSR count). The van der Waals surface area contributed by atoms with Crippen molar-refractivity contribution >= 4 is 24.0 Å². The standard InChI is InChI=1S/C23H22N4O3/c1-29-21-10-3-6-17(12-21)15-24-26-20-9-5-8-19(14-20)23(28)27-25-16-18-7-4-11-22(13-18)30-2/h3-16,26H,1-2H3,(H,27,28)/b24-15-,25-16-. The average Bonchev–Trinajstić information content (AvgIpc) is 2.79. The Bertz CT molecular complexity index is 1060. The summed E-state index contributed by atoms with van der Waals surface area (Å²) >= 11 is 0. The third kappa shape index (κ3) is 5.93. The molecule has 152 valence electrons. The minimum Gasteiger partial charge on any atom is -0.497 e. The Kier molecular flexibility index (Phi) is 7.16. The molecule has 0 radical (unpaired) electrons. The number of hydrogen-bond donors (Lipinski definition) is 2. The molecule has 0 heterocycles. The first kappa shape index (κ1) is 20.6. The van der Waals surface area contributed by atoms with Crippen molar-refractivity contribution in [1.29, 1.82) is 0 Å². The largest absolute Gasteiger partial charge is 0.497 e. The normalized spacial score (nSPS) is 10.9. The minimum absolute atomic E-state index is 0.324. The van der Waals surface area contributed by atoms with Gasteiger partial charge in [-0.15, -0.1) is 0 Å². The molecule has 0 saturated carbocycles. The van der Waals surface area contributed by atoms with Crippen molar-refractivity contribution in [2.45, 2.75) is 0 Å². The maximum absolute atomic E-state index is 12.3. The van der Waals surface area contributed by atoms with E-state index >= 15 is 0 Å². The van der Waals surface area contributed by atoms with E-state index in [0.29, 0.717) is 11.3 Å². The van der Waals surface area contributed by atoms with E-state index in [1.807, 2.05) is 54.6 Å². The van der Waals surface area contributed by atoms with E-state index in [0.717, 1.165) is 22.6 Å². The molecule has 7 heteroatoms. The number of methoxy groups -OCH3 is 2. The summed E-state index contributed by atoms with van der Waals surface area (Å²) in [4.78, 5) is 12.3. The average molecular weight is 402 g/mol. The SMILES string of the molecule is COc1cccc(/C=N\NC(=O)c2cccc(N/N=C\c3cccc(OC)c3)c2)c1. The van der Waals surface area contributed by atoms with E-state index in [1.54, 1.807) is 44.8 Å². The summed E-state index contributed by atoms with van der Waals surface area (Å²) in [6, 6.07) is 21.9. The van der Waals surface area contributed by atoms with Crippen LogP contribution in [-0.4, -0.2) is 32.6 Å². The summed E-state index contributed by atoms with van der Waals surface area (Å²) in [6.07, 6.45) is 3.23. The van der Waals surface area contributed by atoms with Gasteiger partial charge >= 0.3 is 0 Å². The Morgan fingerprint density at radius 1 is 0.800 bits per heavy atom. The van der Waals surface area contributed by atoms with E-state index in [9.17, 15) is 4.79 Å². The molecule has 2 N–H and O–H groups in total. The molecule has 0 aliphatic heterocycles. The van der Waals surface area contributed by atoms with Gasteiger partial charge in [0.25, 0.3) is 5.91 Å². The summed E-state index contributed by atoms with van der Waals surface area (Å²) in [5.41, 5.74) is 8.28. The number of carbonyl (C=O) groups is 1. The van der Waals surface area contributed by atoms with Crippen molar-refractivity contribution in [3.05, 3.63) is 89.5 Å². The van der Waals surface area contributed by atoms with E-state index in [2.05, 4.69) is 21.1 Å². The van der Waals surface area contributed by atoms with Gasteiger partial charge in [-0.1, -0.05) is 30.3 Å². The van der Waals surface area contributed by atoms with Crippen LogP contribution < -0.4 is 20.3 Å². The van der Waals surface area contributed by atoms with E-state index < -0.39 is 0 Å². The van der Waals surface area contributed by atoms with Crippen molar-refractivity contribution in [2.24, 2.45) is 10.2 Å². The second-order valence-corrected chi connectivity index (χ2v) is 6.20. The van der Waals surface area contributed by atoms with Gasteiger partial charge in [0.1, 0.15) is 11.5 Å². The molecule has 0 unspecified atom stereocenters. The second-order valence-electron chi connectivity index (χ2n) is 6.20. The van der Waals surface area contributed by atoms with Crippen LogP contribution in [0.15, 0.2) is 83.0 Å². The first-order valence-corrected chi connectivity index (χ1v) is 9.18. The number of nitrogens with one attached hydrogen (secondary N) is 2. The zero-order valence-corrected chi connectivity index (χ0v) is 16.7. The quantitative estimate of drug-likeness (QED) is 0.442. The number of hydrazone groups is 2. The zero-order chi connectivity index (χ0) is 21.2. The summed E-state index contributed by atoms with van der Waals surface area (Å²) in [5, 5.41) is 8.20. The Morgan fingerprint density at radius 2 is 1.40 bits per heavy atom. The van der Waals surface area contributed by atoms with Gasteiger partial charge in [0.05, 0.1) is 32.3 Å². The van der Waals surface area contributed by atoms with Gasteiger partial charge in [0.15, 0.2) is 0 Å². The fourth-order valence-electron chi connectivity index (χ4n) is 2.58. The molecule has 0 aromatic heterocycles. The Balaban J connectivity index is 1.59. The third-order valence-electron chi connectivity index (χ3n) is 4.10. The molecule has 0 aliphatic rings. The summed E-state index contributed by atoms with van der Waals surface area (Å²) in [6.45, 7) is 0. The predicted molar refractivity (Wildman–Crippen MR) is 119 cm³/mol. The summed E-state index contributed by atoms with van der Waals surface area (Å²) in [5.74, 6) is 1.15. The van der Waals surface area contributed by atoms with Crippen LogP contribution >= 0.6 is 0 Å². The minimum atomic E-state index is -0.324. The van der Waals surface area contributed by atoms with Crippen LogP contribution in [0, 0.1) is 0 Å². The van der Waals surface area contributed by atoms with Crippen molar-refractivity contribution in [2.75, 3.05) is 19.6 Å². The number of nitrogens with zero attached hydrogens (tertiary/aromatic N) is 2. The lowest BCUT2D eigenvalue weighted by Crippen LogP contribution is -2.17. The molecule has 0 atom stereocenters. The number of anilines is 1. The van der Waals surface area contributed by atoms with Gasteiger partial charge in [0.2, 0.25) is 0 Å². The number of ether oxygens (including phenoxy) is 2. The number of hydrogen-bond acceptors (Lipinski definition) is 6. The highest BCUT2D eigenvalue weighted by atomic mass is 16.5. The molecule has 0 aliphatic carbocycles. The van der Waals surface area contributed by atoms with Crippen molar-refractivity contribution in [3.8, 4) is 11.5 Å². The lowest BCUT2D eigenvalue weighted by molar-refractivity contribution is 0.0955. The van der Waals surface area contributed by atoms with Crippen LogP contribution in [0.5, 0.6) is 11.5 Å². The van der Waals surface area contributed by atoms with E-state index in [1.165, 1.54) is 0 Å². The molecule has 3 aromatic rings. The molecule has 0 bridgehead atoms. The second kappa shape index (κ2) is 10.4. The fraction of sp³-hybridized carbons (Fsp3) is 0.0870. The van der Waals surface area contributed by atoms with Gasteiger partial charge in [-0.2, -0.15) is 10.2 Å². The summed E-state index contributed by atoms with van der Waals surface area (Å²) in [7, 11) is 3.21. The smallest absolute Gasteiger partial charge is 0.271 e. The zero-order valence-electron chi connectivity index (χ0n) is 16.7. The molecular weight excluding hydrogens is 380 g/mol. The lowest BCUT2D eigenvalue weighted by atomic mass is 10.2. The molecule has 1 amide bonds. The summed E-state index contributed by atoms with van der Waals surface area (Å²) < 4.78 is 10.4. The van der Waals surface area contributed by atoms with Crippen LogP contribution in [0.4, 0.5) is 5.69 Å². The Morgan fingerprint density at radius 3 is 2.03 bits per heavy atom. The van der Waals surface area contributed by atoms with Crippen LogP contribution in [0.25, 0.3) is 0 Å². The van der Waals surface area contributed by atoms with Crippen molar-refractivity contribution in [3.63, 3.8) is 0 Å². The van der Waals surface area contributed by atoms with Crippen molar-refractivity contribution in [1.82, 2.24) is 5.43 Å². The molecule has 0 spiro atoms. The predicted octanol–water partition coefficient (Wildman–Crippen LogP) is 3.91. The van der Waals surface area contributed by atoms with E-state index in [4.69, 9.17) is 9.47 Å². The first-order valence-electron chi connectivity index (χ1n) is 9.18. The van der Waals surface area contributed by atoms with Gasteiger partial charge < -0.3 is 9.47 Å². The Labute approximate surface area is 175 Å². The third-order valence-corrected chi connectivity index (χ3v) is 4.10. The molecule has 3 aromatic carbocycles. The van der Waals surface area contributed by atoms with Gasteiger partial charge in [-0.25, -0.2) is 5.43 Å². The van der Waals surface area contributed by atoms with Crippen LogP contribution in [0.1, 0.15) is 21.5 Å². The maximum Gasteiger partial charge on any atom is 0.271 e. The molecule has 0 fully saturated rings. The van der Waals surface area contributed by atoms with Gasteiger partial charge in [0, 0.05) is 5.56 Å². The highest BCUT2D eigenvalue weighted by Crippen LogP contribution is 2.13. The molecule has 30 heavy (non-hydrogen) atoms. The van der Waals surface area contributed by atoms with Gasteiger partial charge in [-0.05, 0) is 53.6 Å². The highest BCUT2D eigenvalue weighted by Gasteiger charge is 2.05. The number of carbonyl (C=O) groups excluding carboxylic acids is 1. The van der Waals surface area contributed by atoms with E-state index in [-0.39, 0.29) is 5.91 Å². The number of amides is 1. The fourth-order valence-corrected chi connectivity index (χ4v) is 2.58. The number of benzene rings is 3. The van der Waals surface area contributed by atoms with Crippen LogP contribution in [0.2, 0.25) is 0 Å². The number of rotatable bonds is 8. The molecule has 7 nitrogen and oxygen atoms in total. The highest BCUT2D eigenvalue weighted by molar-refractivity contribution is 5.95. The monoisotopic (exact) mass is 402 g/mol. The van der Waals surface area contributed by atoms with Gasteiger partial charge in [-0.3, -0.25) is 10.2 Å². The molecular formula is C23H22N4O3. The molecule has 0 saturated heterocycles. The first-order chi connectivity index (χ1) is 14.7. The van der Waals surface area contributed by atoms with Crippen LogP contribution in [-0.2, 0) is 0 Å². The van der Waals surface area contributed by atoms with Crippen LogP contribution in [0.3, 0.4) is 0 Å². The lowest BCUT2D eigenvalue weighted by Gasteiger charge is -2.04. The maximum atomic E-state index is 12.3.